The molecule has 0 aliphatic carbocycles. The Kier molecular flexibility index (Phi) is 4.35. The summed E-state index contributed by atoms with van der Waals surface area (Å²) in [6.45, 7) is 5.15. The zero-order valence-corrected chi connectivity index (χ0v) is 11.4. The van der Waals surface area contributed by atoms with Crippen LogP contribution in [0.2, 0.25) is 0 Å². The third kappa shape index (κ3) is 3.39. The molecule has 0 aromatic heterocycles. The predicted molar refractivity (Wildman–Crippen MR) is 74.7 cm³/mol. The Hall–Kier alpha value is -0.670. The van der Waals surface area contributed by atoms with Gasteiger partial charge in [-0.2, -0.15) is 11.8 Å². The third-order valence-electron chi connectivity index (χ3n) is 3.33. The monoisotopic (exact) mass is 251 g/mol. The lowest BCUT2D eigenvalue weighted by Gasteiger charge is -2.18. The summed E-state index contributed by atoms with van der Waals surface area (Å²) in [5, 5.41) is 14.2. The second-order valence-electron chi connectivity index (χ2n) is 4.83. The van der Waals surface area contributed by atoms with Crippen LogP contribution >= 0.6 is 11.8 Å². The molecule has 1 aromatic rings. The van der Waals surface area contributed by atoms with Crippen LogP contribution in [0, 0.1) is 6.92 Å². The standard InChI is InChI=1S/C14H21NOS/c1-10-5-6-13(14(16)8-10)11(2)15-9-12-4-3-7-17-12/h5-6,8,11-12,15-16H,3-4,7,9H2,1-2H3. The van der Waals surface area contributed by atoms with Gasteiger partial charge in [-0.05, 0) is 44.1 Å². The lowest BCUT2D eigenvalue weighted by atomic mass is 10.0. The second-order valence-corrected chi connectivity index (χ2v) is 6.24. The Labute approximate surface area is 108 Å². The lowest BCUT2D eigenvalue weighted by molar-refractivity contribution is 0.451. The lowest BCUT2D eigenvalue weighted by Crippen LogP contribution is -2.26. The first-order valence-electron chi connectivity index (χ1n) is 6.31. The molecule has 3 heteroatoms. The van der Waals surface area contributed by atoms with Crippen molar-refractivity contribution in [1.82, 2.24) is 5.32 Å². The van der Waals surface area contributed by atoms with E-state index in [0.717, 1.165) is 22.9 Å². The topological polar surface area (TPSA) is 32.3 Å². The van der Waals surface area contributed by atoms with Crippen LogP contribution in [-0.2, 0) is 0 Å². The molecule has 1 fully saturated rings. The number of aromatic hydroxyl groups is 1. The van der Waals surface area contributed by atoms with Gasteiger partial charge in [0.25, 0.3) is 0 Å². The largest absolute Gasteiger partial charge is 0.508 e. The van der Waals surface area contributed by atoms with Gasteiger partial charge in [0.1, 0.15) is 5.75 Å². The van der Waals surface area contributed by atoms with Crippen molar-refractivity contribution in [3.63, 3.8) is 0 Å². The Bertz CT molecular complexity index is 374. The molecule has 1 aliphatic heterocycles. The summed E-state index contributed by atoms with van der Waals surface area (Å²) >= 11 is 2.06. The molecular weight excluding hydrogens is 230 g/mol. The zero-order chi connectivity index (χ0) is 12.3. The first-order valence-corrected chi connectivity index (χ1v) is 7.36. The van der Waals surface area contributed by atoms with Crippen LogP contribution in [0.3, 0.4) is 0 Å². The first kappa shape index (κ1) is 12.8. The van der Waals surface area contributed by atoms with Gasteiger partial charge in [0.15, 0.2) is 0 Å². The van der Waals surface area contributed by atoms with E-state index in [0.29, 0.717) is 5.75 Å². The van der Waals surface area contributed by atoms with E-state index in [9.17, 15) is 5.11 Å². The smallest absolute Gasteiger partial charge is 0.120 e. The zero-order valence-electron chi connectivity index (χ0n) is 10.6. The van der Waals surface area contributed by atoms with Crippen LogP contribution in [0.15, 0.2) is 18.2 Å². The maximum absolute atomic E-state index is 9.91. The van der Waals surface area contributed by atoms with E-state index in [1.807, 2.05) is 19.1 Å². The molecule has 1 saturated heterocycles. The molecule has 1 aromatic carbocycles. The molecular formula is C14H21NOS. The van der Waals surface area contributed by atoms with Crippen molar-refractivity contribution < 1.29 is 5.11 Å². The Morgan fingerprint density at radius 1 is 1.53 bits per heavy atom. The van der Waals surface area contributed by atoms with Crippen molar-refractivity contribution in [2.24, 2.45) is 0 Å². The van der Waals surface area contributed by atoms with Gasteiger partial charge in [-0.1, -0.05) is 12.1 Å². The summed E-state index contributed by atoms with van der Waals surface area (Å²) in [5.41, 5.74) is 2.10. The Balaban J connectivity index is 1.91. The van der Waals surface area contributed by atoms with Gasteiger partial charge in [-0.3, -0.25) is 0 Å². The van der Waals surface area contributed by atoms with Gasteiger partial charge in [0.2, 0.25) is 0 Å². The molecule has 0 amide bonds. The number of phenolic OH excluding ortho intramolecular Hbond substituents is 1. The minimum atomic E-state index is 0.219. The number of thioether (sulfide) groups is 1. The highest BCUT2D eigenvalue weighted by atomic mass is 32.2. The fourth-order valence-corrected chi connectivity index (χ4v) is 3.46. The molecule has 0 saturated carbocycles. The molecule has 1 heterocycles. The van der Waals surface area contributed by atoms with Crippen molar-refractivity contribution >= 4 is 11.8 Å². The molecule has 2 N–H and O–H groups in total. The summed E-state index contributed by atoms with van der Waals surface area (Å²) in [5.74, 6) is 1.71. The fourth-order valence-electron chi connectivity index (χ4n) is 2.24. The number of hydrogen-bond acceptors (Lipinski definition) is 3. The highest BCUT2D eigenvalue weighted by molar-refractivity contribution is 8.00. The van der Waals surface area contributed by atoms with Crippen LogP contribution in [0.25, 0.3) is 0 Å². The number of benzene rings is 1. The van der Waals surface area contributed by atoms with Crippen molar-refractivity contribution in [3.05, 3.63) is 29.3 Å². The van der Waals surface area contributed by atoms with E-state index in [1.54, 1.807) is 0 Å². The molecule has 0 spiro atoms. The van der Waals surface area contributed by atoms with Crippen molar-refractivity contribution in [3.8, 4) is 5.75 Å². The molecule has 2 atom stereocenters. The quantitative estimate of drug-likeness (QED) is 0.861. The molecule has 0 radical (unpaired) electrons. The van der Waals surface area contributed by atoms with Gasteiger partial charge in [0.05, 0.1) is 0 Å². The highest BCUT2D eigenvalue weighted by Crippen LogP contribution is 2.28. The van der Waals surface area contributed by atoms with Crippen molar-refractivity contribution in [1.29, 1.82) is 0 Å². The van der Waals surface area contributed by atoms with Crippen LogP contribution in [0.1, 0.15) is 36.9 Å². The van der Waals surface area contributed by atoms with Gasteiger partial charge in [-0.15, -0.1) is 0 Å². The maximum Gasteiger partial charge on any atom is 0.120 e. The van der Waals surface area contributed by atoms with Gasteiger partial charge in [-0.25, -0.2) is 0 Å². The summed E-state index contributed by atoms with van der Waals surface area (Å²) in [6, 6.07) is 6.12. The summed E-state index contributed by atoms with van der Waals surface area (Å²) in [4.78, 5) is 0. The van der Waals surface area contributed by atoms with Gasteiger partial charge in [0, 0.05) is 23.4 Å². The minimum absolute atomic E-state index is 0.219. The molecule has 2 rings (SSSR count). The van der Waals surface area contributed by atoms with Crippen LogP contribution in [0.5, 0.6) is 5.75 Å². The molecule has 2 unspecified atom stereocenters. The second kappa shape index (κ2) is 5.78. The summed E-state index contributed by atoms with van der Waals surface area (Å²) in [7, 11) is 0. The normalized spacial score (nSPS) is 21.6. The highest BCUT2D eigenvalue weighted by Gasteiger charge is 2.17. The number of nitrogens with one attached hydrogen (secondary N) is 1. The van der Waals surface area contributed by atoms with Gasteiger partial charge < -0.3 is 10.4 Å². The van der Waals surface area contributed by atoms with E-state index < -0.39 is 0 Å². The summed E-state index contributed by atoms with van der Waals surface area (Å²) < 4.78 is 0. The number of phenols is 1. The number of hydrogen-bond donors (Lipinski definition) is 2. The molecule has 0 bridgehead atoms. The van der Waals surface area contributed by atoms with Crippen LogP contribution < -0.4 is 5.32 Å². The molecule has 17 heavy (non-hydrogen) atoms. The Morgan fingerprint density at radius 3 is 3.00 bits per heavy atom. The number of rotatable bonds is 4. The molecule has 2 nitrogen and oxygen atoms in total. The van der Waals surface area contributed by atoms with Gasteiger partial charge >= 0.3 is 0 Å². The van der Waals surface area contributed by atoms with E-state index >= 15 is 0 Å². The van der Waals surface area contributed by atoms with E-state index in [-0.39, 0.29) is 6.04 Å². The average molecular weight is 251 g/mol. The minimum Gasteiger partial charge on any atom is -0.508 e. The van der Waals surface area contributed by atoms with E-state index in [1.165, 1.54) is 18.6 Å². The Morgan fingerprint density at radius 2 is 2.35 bits per heavy atom. The summed E-state index contributed by atoms with van der Waals surface area (Å²) in [6.07, 6.45) is 2.67. The molecule has 94 valence electrons. The van der Waals surface area contributed by atoms with Crippen molar-refractivity contribution in [2.45, 2.75) is 38.0 Å². The van der Waals surface area contributed by atoms with E-state index in [2.05, 4.69) is 30.1 Å². The van der Waals surface area contributed by atoms with Crippen LogP contribution in [0.4, 0.5) is 0 Å². The first-order chi connectivity index (χ1) is 8.16. The van der Waals surface area contributed by atoms with E-state index in [4.69, 9.17) is 0 Å². The van der Waals surface area contributed by atoms with Crippen molar-refractivity contribution in [2.75, 3.05) is 12.3 Å². The average Bonchev–Trinajstić information content (AvgIpc) is 2.78. The number of aryl methyl sites for hydroxylation is 1. The molecule has 1 aliphatic rings. The SMILES string of the molecule is Cc1ccc(C(C)NCC2CCCS2)c(O)c1. The maximum atomic E-state index is 9.91. The fraction of sp³-hybridized carbons (Fsp3) is 0.571. The third-order valence-corrected chi connectivity index (χ3v) is 4.73. The predicted octanol–water partition coefficient (Wildman–Crippen LogP) is 3.25. The van der Waals surface area contributed by atoms with Crippen LogP contribution in [-0.4, -0.2) is 22.7 Å².